The first-order valence-corrected chi connectivity index (χ1v) is 10.6. The summed E-state index contributed by atoms with van der Waals surface area (Å²) in [5, 5.41) is 12.3. The van der Waals surface area contributed by atoms with Gasteiger partial charge in [-0.2, -0.15) is 5.26 Å². The van der Waals surface area contributed by atoms with Crippen molar-refractivity contribution in [2.24, 2.45) is 0 Å². The van der Waals surface area contributed by atoms with Gasteiger partial charge in [0.25, 0.3) is 5.56 Å². The molecule has 144 valence electrons. The molecule has 0 aliphatic rings. The van der Waals surface area contributed by atoms with Crippen LogP contribution in [0.25, 0.3) is 20.7 Å². The number of Topliss-reactive ketones (excluding diaryl/α,β-unsaturated/α-hetero) is 1. The van der Waals surface area contributed by atoms with Crippen LogP contribution in [0.15, 0.2) is 46.8 Å². The van der Waals surface area contributed by atoms with Crippen molar-refractivity contribution in [1.82, 2.24) is 14.5 Å². The molecular formula is C20H13ClN4O2S2. The van der Waals surface area contributed by atoms with Gasteiger partial charge in [0, 0.05) is 21.0 Å². The van der Waals surface area contributed by atoms with E-state index in [1.54, 1.807) is 24.4 Å². The molecule has 1 atom stereocenters. The lowest BCUT2D eigenvalue weighted by Crippen LogP contribution is -2.26. The van der Waals surface area contributed by atoms with Gasteiger partial charge < -0.3 is 0 Å². The maximum Gasteiger partial charge on any atom is 0.271 e. The molecule has 4 aromatic rings. The highest BCUT2D eigenvalue weighted by molar-refractivity contribution is 7.22. The molecule has 0 saturated carbocycles. The zero-order chi connectivity index (χ0) is 20.5. The lowest BCUT2D eigenvalue weighted by Gasteiger charge is -2.07. The van der Waals surface area contributed by atoms with E-state index in [0.29, 0.717) is 20.2 Å². The highest BCUT2D eigenvalue weighted by Crippen LogP contribution is 2.31. The molecule has 0 radical (unpaired) electrons. The minimum absolute atomic E-state index is 0.229. The van der Waals surface area contributed by atoms with E-state index in [1.807, 2.05) is 24.3 Å². The summed E-state index contributed by atoms with van der Waals surface area (Å²) >= 11 is 8.51. The van der Waals surface area contributed by atoms with Crippen LogP contribution in [-0.4, -0.2) is 20.3 Å². The SMILES string of the molecule is Cc1csc(C(C#N)C(=O)Cn2cnc3cc(-c4ccc(Cl)cc4)sc3c2=O)n1. The summed E-state index contributed by atoms with van der Waals surface area (Å²) in [5.74, 6) is -1.39. The van der Waals surface area contributed by atoms with E-state index in [4.69, 9.17) is 11.6 Å². The molecule has 3 aromatic heterocycles. The fraction of sp³-hybridized carbons (Fsp3) is 0.150. The van der Waals surface area contributed by atoms with Crippen LogP contribution in [0, 0.1) is 18.3 Å². The molecule has 1 unspecified atom stereocenters. The molecule has 29 heavy (non-hydrogen) atoms. The molecule has 3 heterocycles. The van der Waals surface area contributed by atoms with Crippen molar-refractivity contribution in [1.29, 1.82) is 5.26 Å². The molecule has 0 amide bonds. The number of ketones is 1. The van der Waals surface area contributed by atoms with Gasteiger partial charge >= 0.3 is 0 Å². The second kappa shape index (κ2) is 7.87. The molecule has 0 N–H and O–H groups in total. The number of rotatable bonds is 5. The largest absolute Gasteiger partial charge is 0.296 e. The number of nitriles is 1. The van der Waals surface area contributed by atoms with Gasteiger partial charge in [0.15, 0.2) is 11.7 Å². The molecule has 9 heteroatoms. The normalized spacial score (nSPS) is 12.0. The Morgan fingerprint density at radius 3 is 2.76 bits per heavy atom. The van der Waals surface area contributed by atoms with Gasteiger partial charge in [0.2, 0.25) is 0 Å². The number of nitrogens with zero attached hydrogens (tertiary/aromatic N) is 4. The molecule has 6 nitrogen and oxygen atoms in total. The summed E-state index contributed by atoms with van der Waals surface area (Å²) < 4.78 is 1.71. The number of fused-ring (bicyclic) bond motifs is 1. The quantitative estimate of drug-likeness (QED) is 0.458. The number of hydrogen-bond acceptors (Lipinski definition) is 7. The highest BCUT2D eigenvalue weighted by atomic mass is 35.5. The van der Waals surface area contributed by atoms with Gasteiger partial charge in [-0.05, 0) is 30.7 Å². The van der Waals surface area contributed by atoms with Gasteiger partial charge in [-0.3, -0.25) is 14.2 Å². The Balaban J connectivity index is 1.65. The van der Waals surface area contributed by atoms with Gasteiger partial charge in [0.1, 0.15) is 9.71 Å². The molecule has 0 bridgehead atoms. The van der Waals surface area contributed by atoms with Crippen molar-refractivity contribution in [3.63, 3.8) is 0 Å². The first-order chi connectivity index (χ1) is 14.0. The molecular weight excluding hydrogens is 428 g/mol. The second-order valence-electron chi connectivity index (χ2n) is 6.37. The van der Waals surface area contributed by atoms with E-state index in [0.717, 1.165) is 16.1 Å². The van der Waals surface area contributed by atoms with Crippen LogP contribution in [0.5, 0.6) is 0 Å². The first kappa shape index (κ1) is 19.5. The maximum absolute atomic E-state index is 12.9. The zero-order valence-corrected chi connectivity index (χ0v) is 17.5. The van der Waals surface area contributed by atoms with Crippen LogP contribution < -0.4 is 5.56 Å². The third kappa shape index (κ3) is 3.85. The number of halogens is 1. The van der Waals surface area contributed by atoms with Gasteiger partial charge in [0.05, 0.1) is 24.5 Å². The smallest absolute Gasteiger partial charge is 0.271 e. The minimum Gasteiger partial charge on any atom is -0.296 e. The number of carbonyl (C=O) groups is 1. The Kier molecular flexibility index (Phi) is 5.28. The predicted molar refractivity (Wildman–Crippen MR) is 115 cm³/mol. The van der Waals surface area contributed by atoms with Crippen LogP contribution in [0.2, 0.25) is 5.02 Å². The van der Waals surface area contributed by atoms with Crippen molar-refractivity contribution in [2.75, 3.05) is 0 Å². The molecule has 0 saturated heterocycles. The van der Waals surface area contributed by atoms with E-state index in [-0.39, 0.29) is 17.9 Å². The zero-order valence-electron chi connectivity index (χ0n) is 15.1. The van der Waals surface area contributed by atoms with Crippen molar-refractivity contribution in [3.8, 4) is 16.5 Å². The average Bonchev–Trinajstić information content (AvgIpc) is 3.32. The van der Waals surface area contributed by atoms with Gasteiger partial charge in [-0.25, -0.2) is 9.97 Å². The maximum atomic E-state index is 12.9. The third-order valence-electron chi connectivity index (χ3n) is 4.29. The third-order valence-corrected chi connectivity index (χ3v) is 6.73. The topological polar surface area (TPSA) is 88.6 Å². The molecule has 0 aliphatic carbocycles. The standard InChI is InChI=1S/C20H13ClN4O2S2/c1-11-9-28-19(24-11)14(7-22)16(26)8-25-10-23-15-6-17(29-18(15)20(25)27)12-2-4-13(21)5-3-12/h2-6,9-10,14H,8H2,1H3. The molecule has 1 aromatic carbocycles. The summed E-state index contributed by atoms with van der Waals surface area (Å²) in [5.41, 5.74) is 1.95. The number of aromatic nitrogens is 3. The summed E-state index contributed by atoms with van der Waals surface area (Å²) in [4.78, 5) is 35.0. The van der Waals surface area contributed by atoms with Crippen LogP contribution in [0.3, 0.4) is 0 Å². The number of thiophene rings is 1. The Bertz CT molecular complexity index is 1310. The van der Waals surface area contributed by atoms with Crippen LogP contribution in [0.1, 0.15) is 16.6 Å². The number of benzene rings is 1. The van der Waals surface area contributed by atoms with Crippen LogP contribution in [-0.2, 0) is 11.3 Å². The van der Waals surface area contributed by atoms with E-state index in [2.05, 4.69) is 9.97 Å². The lowest BCUT2D eigenvalue weighted by molar-refractivity contribution is -0.120. The monoisotopic (exact) mass is 440 g/mol. The van der Waals surface area contributed by atoms with Crippen molar-refractivity contribution in [2.45, 2.75) is 19.4 Å². The van der Waals surface area contributed by atoms with Crippen LogP contribution in [0.4, 0.5) is 0 Å². The summed E-state index contributed by atoms with van der Waals surface area (Å²) in [7, 11) is 0. The van der Waals surface area contributed by atoms with Gasteiger partial charge in [-0.15, -0.1) is 22.7 Å². The summed E-state index contributed by atoms with van der Waals surface area (Å²) in [6.07, 6.45) is 1.35. The Labute approximate surface area is 178 Å². The number of carbonyl (C=O) groups excluding carboxylic acids is 1. The van der Waals surface area contributed by atoms with Crippen molar-refractivity contribution < 1.29 is 4.79 Å². The van der Waals surface area contributed by atoms with E-state index >= 15 is 0 Å². The first-order valence-electron chi connectivity index (χ1n) is 8.55. The predicted octanol–water partition coefficient (Wildman–Crippen LogP) is 4.42. The van der Waals surface area contributed by atoms with E-state index in [9.17, 15) is 14.9 Å². The number of hydrogen-bond donors (Lipinski definition) is 0. The molecule has 0 fully saturated rings. The summed E-state index contributed by atoms with van der Waals surface area (Å²) in [6.45, 7) is 1.57. The Morgan fingerprint density at radius 1 is 1.34 bits per heavy atom. The van der Waals surface area contributed by atoms with E-state index in [1.165, 1.54) is 33.6 Å². The van der Waals surface area contributed by atoms with Crippen LogP contribution >= 0.6 is 34.3 Å². The molecule has 4 rings (SSSR count). The number of aryl methyl sites for hydroxylation is 1. The average molecular weight is 441 g/mol. The molecule has 0 aliphatic heterocycles. The Morgan fingerprint density at radius 2 is 2.10 bits per heavy atom. The van der Waals surface area contributed by atoms with Gasteiger partial charge in [-0.1, -0.05) is 23.7 Å². The fourth-order valence-corrected chi connectivity index (χ4v) is 4.90. The summed E-state index contributed by atoms with van der Waals surface area (Å²) in [6, 6.07) is 11.2. The van der Waals surface area contributed by atoms with E-state index < -0.39 is 5.92 Å². The molecule has 0 spiro atoms. The lowest BCUT2D eigenvalue weighted by atomic mass is 10.1. The van der Waals surface area contributed by atoms with Crippen molar-refractivity contribution >= 4 is 50.3 Å². The fourth-order valence-electron chi connectivity index (χ4n) is 2.84. The number of thiazole rings is 1. The second-order valence-corrected chi connectivity index (χ2v) is 8.74. The van der Waals surface area contributed by atoms with Crippen molar-refractivity contribution in [3.05, 3.63) is 68.1 Å². The Hall–Kier alpha value is -2.86. The highest BCUT2D eigenvalue weighted by Gasteiger charge is 2.24. The minimum atomic E-state index is -0.996.